The van der Waals surface area contributed by atoms with E-state index in [-0.39, 0.29) is 5.78 Å². The van der Waals surface area contributed by atoms with E-state index in [1.165, 1.54) is 0 Å². The molecule has 0 radical (unpaired) electrons. The van der Waals surface area contributed by atoms with E-state index >= 15 is 0 Å². The van der Waals surface area contributed by atoms with Crippen LogP contribution in [-0.2, 0) is 0 Å². The fraction of sp³-hybridized carbons (Fsp3) is 0.100. The number of allylic oxidation sites excluding steroid dienone is 1. The third kappa shape index (κ3) is 2.55. The van der Waals surface area contributed by atoms with Crippen LogP contribution in [0.15, 0.2) is 34.4 Å². The summed E-state index contributed by atoms with van der Waals surface area (Å²) in [5.41, 5.74) is 0.610. The van der Waals surface area contributed by atoms with E-state index in [9.17, 15) is 4.79 Å². The summed E-state index contributed by atoms with van der Waals surface area (Å²) in [7, 11) is 1.57. The van der Waals surface area contributed by atoms with E-state index in [0.717, 1.165) is 0 Å². The number of rotatable bonds is 3. The van der Waals surface area contributed by atoms with Crippen molar-refractivity contribution in [3.63, 3.8) is 0 Å². The van der Waals surface area contributed by atoms with E-state index in [1.54, 1.807) is 31.4 Å². The van der Waals surface area contributed by atoms with Gasteiger partial charge in [-0.3, -0.25) is 4.79 Å². The Morgan fingerprint density at radius 2 is 2.23 bits per heavy atom. The van der Waals surface area contributed by atoms with Crippen molar-refractivity contribution >= 4 is 28.4 Å². The largest absolute Gasteiger partial charge is 0.497 e. The maximum absolute atomic E-state index is 11.5. The van der Waals surface area contributed by atoms with Gasteiger partial charge in [-0.2, -0.15) is 0 Å². The number of benzene rings is 1. The van der Waals surface area contributed by atoms with E-state index < -0.39 is 0 Å². The van der Waals surface area contributed by atoms with Crippen molar-refractivity contribution in [3.8, 4) is 5.75 Å². The summed E-state index contributed by atoms with van der Waals surface area (Å²) in [6.07, 6.45) is 0. The summed E-state index contributed by atoms with van der Waals surface area (Å²) in [6.45, 7) is 3.58. The molecule has 2 nitrogen and oxygen atoms in total. The van der Waals surface area contributed by atoms with Crippen LogP contribution in [0, 0.1) is 0 Å². The molecule has 1 aromatic rings. The predicted molar refractivity (Wildman–Crippen MR) is 60.5 cm³/mol. The molecular formula is C10H9IO2. The maximum atomic E-state index is 11.5. The Hall–Kier alpha value is -0.840. The summed E-state index contributed by atoms with van der Waals surface area (Å²) < 4.78 is 5.51. The topological polar surface area (TPSA) is 26.3 Å². The van der Waals surface area contributed by atoms with Crippen molar-refractivity contribution in [2.45, 2.75) is 0 Å². The molecule has 0 saturated carbocycles. The van der Waals surface area contributed by atoms with Crippen LogP contribution in [0.4, 0.5) is 0 Å². The smallest absolute Gasteiger partial charge is 0.198 e. The molecule has 0 aliphatic rings. The number of Topliss-reactive ketones (excluding diaryl/α,β-unsaturated/α-hetero) is 1. The Bertz CT molecular complexity index is 345. The molecule has 0 amide bonds. The Morgan fingerprint density at radius 1 is 1.54 bits per heavy atom. The Labute approximate surface area is 90.7 Å². The molecule has 0 aliphatic heterocycles. The molecule has 0 N–H and O–H groups in total. The third-order valence-electron chi connectivity index (χ3n) is 1.58. The summed E-state index contributed by atoms with van der Waals surface area (Å²) in [5.74, 6) is 0.628. The van der Waals surface area contributed by atoms with Crippen LogP contribution in [0.3, 0.4) is 0 Å². The average Bonchev–Trinajstić information content (AvgIpc) is 2.16. The number of ketones is 1. The van der Waals surface area contributed by atoms with Gasteiger partial charge in [0.25, 0.3) is 0 Å². The number of hydrogen-bond donors (Lipinski definition) is 0. The lowest BCUT2D eigenvalue weighted by Crippen LogP contribution is -1.97. The number of hydrogen-bond acceptors (Lipinski definition) is 2. The minimum Gasteiger partial charge on any atom is -0.497 e. The zero-order valence-electron chi connectivity index (χ0n) is 7.21. The van der Waals surface area contributed by atoms with Crippen LogP contribution >= 0.6 is 22.6 Å². The molecule has 0 bridgehead atoms. The van der Waals surface area contributed by atoms with Crippen LogP contribution in [-0.4, -0.2) is 12.9 Å². The lowest BCUT2D eigenvalue weighted by molar-refractivity contribution is 0.104. The first-order chi connectivity index (χ1) is 6.15. The highest BCUT2D eigenvalue weighted by molar-refractivity contribution is 14.1. The summed E-state index contributed by atoms with van der Waals surface area (Å²) in [4.78, 5) is 11.5. The fourth-order valence-electron chi connectivity index (χ4n) is 0.921. The van der Waals surface area contributed by atoms with Crippen molar-refractivity contribution < 1.29 is 9.53 Å². The second kappa shape index (κ2) is 4.41. The van der Waals surface area contributed by atoms with Crippen molar-refractivity contribution in [2.24, 2.45) is 0 Å². The van der Waals surface area contributed by atoms with Crippen LogP contribution in [0.5, 0.6) is 5.75 Å². The molecule has 0 spiro atoms. The normalized spacial score (nSPS) is 9.38. The molecule has 1 rings (SSSR count). The van der Waals surface area contributed by atoms with E-state index in [0.29, 0.717) is 14.9 Å². The first kappa shape index (κ1) is 10.2. The van der Waals surface area contributed by atoms with Gasteiger partial charge in [0, 0.05) is 5.56 Å². The molecule has 68 valence electrons. The van der Waals surface area contributed by atoms with Crippen molar-refractivity contribution in [3.05, 3.63) is 40.0 Å². The fourth-order valence-corrected chi connectivity index (χ4v) is 1.23. The zero-order chi connectivity index (χ0) is 9.84. The molecule has 0 saturated heterocycles. The van der Waals surface area contributed by atoms with Gasteiger partial charge < -0.3 is 4.74 Å². The Morgan fingerprint density at radius 3 is 2.77 bits per heavy atom. The highest BCUT2D eigenvalue weighted by atomic mass is 127. The highest BCUT2D eigenvalue weighted by Gasteiger charge is 2.07. The van der Waals surface area contributed by atoms with E-state index in [2.05, 4.69) is 6.58 Å². The lowest BCUT2D eigenvalue weighted by Gasteiger charge is -2.01. The van der Waals surface area contributed by atoms with Gasteiger partial charge in [-0.15, -0.1) is 0 Å². The number of ether oxygens (including phenoxy) is 1. The van der Waals surface area contributed by atoms with Gasteiger partial charge in [-0.05, 0) is 34.7 Å². The third-order valence-corrected chi connectivity index (χ3v) is 2.07. The number of methoxy groups -OCH3 is 1. The van der Waals surface area contributed by atoms with Gasteiger partial charge in [0.1, 0.15) is 5.75 Å². The highest BCUT2D eigenvalue weighted by Crippen LogP contribution is 2.17. The number of carbonyl (C=O) groups excluding carboxylic acids is 1. The van der Waals surface area contributed by atoms with Gasteiger partial charge in [0.15, 0.2) is 5.78 Å². The second-order valence-electron chi connectivity index (χ2n) is 2.47. The van der Waals surface area contributed by atoms with E-state index in [4.69, 9.17) is 4.74 Å². The molecule has 0 atom stereocenters. The number of carbonyl (C=O) groups is 1. The lowest BCUT2D eigenvalue weighted by atomic mass is 10.1. The Kier molecular flexibility index (Phi) is 3.48. The van der Waals surface area contributed by atoms with Crippen molar-refractivity contribution in [1.82, 2.24) is 0 Å². The first-order valence-electron chi connectivity index (χ1n) is 3.68. The minimum absolute atomic E-state index is 0.0560. The number of halogens is 1. The molecule has 0 aromatic heterocycles. The molecule has 0 heterocycles. The summed E-state index contributed by atoms with van der Waals surface area (Å²) in [6, 6.07) is 7.03. The monoisotopic (exact) mass is 288 g/mol. The molecule has 13 heavy (non-hydrogen) atoms. The van der Waals surface area contributed by atoms with Gasteiger partial charge in [-0.25, -0.2) is 0 Å². The minimum atomic E-state index is -0.0560. The van der Waals surface area contributed by atoms with E-state index in [1.807, 2.05) is 22.6 Å². The zero-order valence-corrected chi connectivity index (χ0v) is 9.37. The van der Waals surface area contributed by atoms with Gasteiger partial charge >= 0.3 is 0 Å². The maximum Gasteiger partial charge on any atom is 0.198 e. The molecule has 1 aromatic carbocycles. The van der Waals surface area contributed by atoms with Crippen molar-refractivity contribution in [1.29, 1.82) is 0 Å². The second-order valence-corrected chi connectivity index (χ2v) is 3.77. The molecule has 3 heteroatoms. The van der Waals surface area contributed by atoms with Gasteiger partial charge in [0.05, 0.1) is 10.7 Å². The van der Waals surface area contributed by atoms with Crippen molar-refractivity contribution in [2.75, 3.05) is 7.11 Å². The standard InChI is InChI=1S/C10H9IO2/c1-7(11)10(12)8-4-3-5-9(6-8)13-2/h3-6H,1H2,2H3. The average molecular weight is 288 g/mol. The molecular weight excluding hydrogens is 279 g/mol. The van der Waals surface area contributed by atoms with Gasteiger partial charge in [-0.1, -0.05) is 18.7 Å². The Balaban J connectivity index is 3.02. The van der Waals surface area contributed by atoms with Crippen LogP contribution < -0.4 is 4.74 Å². The van der Waals surface area contributed by atoms with Crippen LogP contribution in [0.1, 0.15) is 10.4 Å². The van der Waals surface area contributed by atoms with Crippen LogP contribution in [0.25, 0.3) is 0 Å². The SMILES string of the molecule is C=C(I)C(=O)c1cccc(OC)c1. The first-order valence-corrected chi connectivity index (χ1v) is 4.76. The molecule has 0 aliphatic carbocycles. The van der Waals surface area contributed by atoms with Crippen LogP contribution in [0.2, 0.25) is 0 Å². The summed E-state index contributed by atoms with van der Waals surface area (Å²) in [5, 5.41) is 0. The quantitative estimate of drug-likeness (QED) is 0.485. The predicted octanol–water partition coefficient (Wildman–Crippen LogP) is 2.83. The van der Waals surface area contributed by atoms with Gasteiger partial charge in [0.2, 0.25) is 0 Å². The summed E-state index contributed by atoms with van der Waals surface area (Å²) >= 11 is 1.91. The molecule has 0 unspecified atom stereocenters. The molecule has 0 fully saturated rings.